The van der Waals surface area contributed by atoms with E-state index in [-0.39, 0.29) is 0 Å². The van der Waals surface area contributed by atoms with Crippen molar-refractivity contribution >= 4 is 0 Å². The first kappa shape index (κ1) is 13.7. The van der Waals surface area contributed by atoms with Crippen LogP contribution in [0.25, 0.3) is 0 Å². The largest absolute Gasteiger partial charge is 0.313 e. The molecule has 2 heteroatoms. The molecule has 0 radical (unpaired) electrons. The molecule has 0 aliphatic carbocycles. The van der Waals surface area contributed by atoms with Gasteiger partial charge in [0.2, 0.25) is 0 Å². The maximum Gasteiger partial charge on any atom is 0.0622 e. The maximum atomic E-state index is 8.41. The van der Waals surface area contributed by atoms with Gasteiger partial charge in [-0.25, -0.2) is 0 Å². The summed E-state index contributed by atoms with van der Waals surface area (Å²) in [5.74, 6) is 0.713. The zero-order valence-corrected chi connectivity index (χ0v) is 10.9. The van der Waals surface area contributed by atoms with Crippen molar-refractivity contribution in [3.8, 4) is 6.07 Å². The predicted molar refractivity (Wildman–Crippen MR) is 71.5 cm³/mol. The highest BCUT2D eigenvalue weighted by Gasteiger charge is 1.98. The number of rotatable bonds is 7. The number of hydrogen-bond donors (Lipinski definition) is 1. The van der Waals surface area contributed by atoms with Gasteiger partial charge < -0.3 is 5.32 Å². The monoisotopic (exact) mass is 230 g/mol. The Labute approximate surface area is 105 Å². The van der Waals surface area contributed by atoms with Gasteiger partial charge >= 0.3 is 0 Å². The summed E-state index contributed by atoms with van der Waals surface area (Å²) < 4.78 is 0. The lowest BCUT2D eigenvalue weighted by molar-refractivity contribution is 0.644. The van der Waals surface area contributed by atoms with Crippen molar-refractivity contribution in [2.24, 2.45) is 5.92 Å². The quantitative estimate of drug-likeness (QED) is 0.730. The molecule has 0 fully saturated rings. The number of nitrogens with one attached hydrogen (secondary N) is 1. The molecule has 0 heterocycles. The van der Waals surface area contributed by atoms with Crippen LogP contribution >= 0.6 is 0 Å². The Morgan fingerprint density at radius 2 is 1.82 bits per heavy atom. The minimum atomic E-state index is 0.639. The lowest BCUT2D eigenvalue weighted by atomic mass is 10.0. The third-order valence-corrected chi connectivity index (χ3v) is 2.64. The Hall–Kier alpha value is -1.33. The summed E-state index contributed by atoms with van der Waals surface area (Å²) in [5.41, 5.74) is 2.72. The summed E-state index contributed by atoms with van der Waals surface area (Å²) in [5, 5.41) is 11.8. The summed E-state index contributed by atoms with van der Waals surface area (Å²) in [7, 11) is 0. The normalized spacial score (nSPS) is 10.5. The molecule has 0 amide bonds. The zero-order chi connectivity index (χ0) is 12.5. The van der Waals surface area contributed by atoms with Gasteiger partial charge in [0.1, 0.15) is 0 Å². The summed E-state index contributed by atoms with van der Waals surface area (Å²) >= 11 is 0. The average molecular weight is 230 g/mol. The van der Waals surface area contributed by atoms with Gasteiger partial charge in [-0.05, 0) is 36.4 Å². The van der Waals surface area contributed by atoms with Crippen molar-refractivity contribution in [3.63, 3.8) is 0 Å². The molecule has 1 aromatic rings. The molecule has 0 unspecified atom stereocenters. The second-order valence-electron chi connectivity index (χ2n) is 4.85. The summed E-state index contributed by atoms with van der Waals surface area (Å²) in [6.07, 6.45) is 2.72. The summed E-state index contributed by atoms with van der Waals surface area (Å²) in [6, 6.07) is 11.0. The number of hydrogen-bond acceptors (Lipinski definition) is 2. The van der Waals surface area contributed by atoms with E-state index in [1.165, 1.54) is 11.1 Å². The Morgan fingerprint density at radius 1 is 1.18 bits per heavy atom. The third-order valence-electron chi connectivity index (χ3n) is 2.64. The molecule has 1 N–H and O–H groups in total. The zero-order valence-electron chi connectivity index (χ0n) is 10.9. The fraction of sp³-hybridized carbons (Fsp3) is 0.533. The second kappa shape index (κ2) is 7.86. The lowest BCUT2D eigenvalue weighted by Gasteiger charge is -2.07. The molecule has 2 nitrogen and oxygen atoms in total. The van der Waals surface area contributed by atoms with Crippen molar-refractivity contribution in [2.45, 2.75) is 39.7 Å². The molecular weight excluding hydrogens is 208 g/mol. The van der Waals surface area contributed by atoms with E-state index in [4.69, 9.17) is 5.26 Å². The van der Waals surface area contributed by atoms with Gasteiger partial charge in [-0.2, -0.15) is 5.26 Å². The third kappa shape index (κ3) is 6.09. The van der Waals surface area contributed by atoms with Gasteiger partial charge in [-0.1, -0.05) is 38.1 Å². The molecule has 1 aromatic carbocycles. The minimum Gasteiger partial charge on any atom is -0.313 e. The van der Waals surface area contributed by atoms with E-state index in [1.807, 2.05) is 0 Å². The van der Waals surface area contributed by atoms with Crippen molar-refractivity contribution in [2.75, 3.05) is 6.54 Å². The van der Waals surface area contributed by atoms with Crippen LogP contribution in [-0.2, 0) is 13.0 Å². The van der Waals surface area contributed by atoms with Crippen molar-refractivity contribution in [1.29, 1.82) is 5.26 Å². The van der Waals surface area contributed by atoms with Gasteiger partial charge in [0.05, 0.1) is 6.07 Å². The molecule has 92 valence electrons. The molecule has 1 rings (SSSR count). The van der Waals surface area contributed by atoms with E-state index in [1.54, 1.807) is 0 Å². The summed E-state index contributed by atoms with van der Waals surface area (Å²) in [6.45, 7) is 6.30. The van der Waals surface area contributed by atoms with E-state index in [2.05, 4.69) is 49.5 Å². The topological polar surface area (TPSA) is 35.8 Å². The van der Waals surface area contributed by atoms with E-state index >= 15 is 0 Å². The highest BCUT2D eigenvalue weighted by atomic mass is 14.8. The maximum absolute atomic E-state index is 8.41. The molecule has 0 saturated heterocycles. The van der Waals surface area contributed by atoms with Gasteiger partial charge in [0, 0.05) is 13.0 Å². The Morgan fingerprint density at radius 3 is 2.41 bits per heavy atom. The van der Waals surface area contributed by atoms with Crippen LogP contribution in [-0.4, -0.2) is 6.54 Å². The molecular formula is C15H22N2. The minimum absolute atomic E-state index is 0.639. The molecule has 0 aliphatic heterocycles. The second-order valence-corrected chi connectivity index (χ2v) is 4.85. The SMILES string of the molecule is CC(C)Cc1ccc(CNCCCC#N)cc1. The Kier molecular flexibility index (Phi) is 6.35. The number of nitriles is 1. The smallest absolute Gasteiger partial charge is 0.0622 e. The number of unbranched alkanes of at least 4 members (excludes halogenated alkanes) is 1. The van der Waals surface area contributed by atoms with Gasteiger partial charge in [-0.15, -0.1) is 0 Å². The Bertz CT molecular complexity index is 346. The van der Waals surface area contributed by atoms with Gasteiger partial charge in [-0.3, -0.25) is 0 Å². The molecule has 0 saturated carbocycles. The highest BCUT2D eigenvalue weighted by molar-refractivity contribution is 5.22. The van der Waals surface area contributed by atoms with Gasteiger partial charge in [0.25, 0.3) is 0 Å². The van der Waals surface area contributed by atoms with Crippen LogP contribution in [0.2, 0.25) is 0 Å². The number of benzene rings is 1. The van der Waals surface area contributed by atoms with E-state index in [9.17, 15) is 0 Å². The molecule has 0 spiro atoms. The molecule has 0 aliphatic rings. The van der Waals surface area contributed by atoms with Crippen LogP contribution < -0.4 is 5.32 Å². The predicted octanol–water partition coefficient (Wildman–Crippen LogP) is 3.28. The lowest BCUT2D eigenvalue weighted by Crippen LogP contribution is -2.14. The van der Waals surface area contributed by atoms with Crippen LogP contribution in [0, 0.1) is 17.2 Å². The fourth-order valence-electron chi connectivity index (χ4n) is 1.79. The van der Waals surface area contributed by atoms with Crippen LogP contribution in [0.5, 0.6) is 0 Å². The van der Waals surface area contributed by atoms with Crippen LogP contribution in [0.1, 0.15) is 37.8 Å². The fourth-order valence-corrected chi connectivity index (χ4v) is 1.79. The van der Waals surface area contributed by atoms with Crippen LogP contribution in [0.15, 0.2) is 24.3 Å². The first-order valence-electron chi connectivity index (χ1n) is 6.38. The van der Waals surface area contributed by atoms with Crippen molar-refractivity contribution < 1.29 is 0 Å². The molecule has 0 atom stereocenters. The molecule has 0 aromatic heterocycles. The first-order valence-corrected chi connectivity index (χ1v) is 6.38. The first-order chi connectivity index (χ1) is 8.22. The molecule has 17 heavy (non-hydrogen) atoms. The standard InChI is InChI=1S/C15H22N2/c1-13(2)11-14-5-7-15(8-6-14)12-17-10-4-3-9-16/h5-8,13,17H,3-4,10-12H2,1-2H3. The van der Waals surface area contributed by atoms with E-state index < -0.39 is 0 Å². The Balaban J connectivity index is 2.28. The van der Waals surface area contributed by atoms with Gasteiger partial charge in [0.15, 0.2) is 0 Å². The average Bonchev–Trinajstić information content (AvgIpc) is 2.30. The van der Waals surface area contributed by atoms with Crippen molar-refractivity contribution in [1.82, 2.24) is 5.32 Å². The van der Waals surface area contributed by atoms with E-state index in [0.29, 0.717) is 12.3 Å². The highest BCUT2D eigenvalue weighted by Crippen LogP contribution is 2.09. The summed E-state index contributed by atoms with van der Waals surface area (Å²) in [4.78, 5) is 0. The number of nitrogens with zero attached hydrogens (tertiary/aromatic N) is 1. The van der Waals surface area contributed by atoms with Crippen LogP contribution in [0.4, 0.5) is 0 Å². The molecule has 0 bridgehead atoms. The van der Waals surface area contributed by atoms with Crippen molar-refractivity contribution in [3.05, 3.63) is 35.4 Å². The van der Waals surface area contributed by atoms with E-state index in [0.717, 1.165) is 25.9 Å². The van der Waals surface area contributed by atoms with Crippen LogP contribution in [0.3, 0.4) is 0 Å².